The number of hydrogen-bond acceptors (Lipinski definition) is 7. The number of halogens is 2. The molecular weight excluding hydrogens is 504 g/mol. The first-order chi connectivity index (χ1) is 18.8. The lowest BCUT2D eigenvalue weighted by Gasteiger charge is -2.48. The van der Waals surface area contributed by atoms with Crippen LogP contribution in [0.15, 0.2) is 47.7 Å². The van der Waals surface area contributed by atoms with Crippen molar-refractivity contribution in [2.45, 2.75) is 63.9 Å². The van der Waals surface area contributed by atoms with Gasteiger partial charge in [0.25, 0.3) is 12.0 Å². The Morgan fingerprint density at radius 2 is 1.87 bits per heavy atom. The molecule has 206 valence electrons. The van der Waals surface area contributed by atoms with Gasteiger partial charge in [-0.3, -0.25) is 19.7 Å². The smallest absolute Gasteiger partial charge is 0.259 e. The number of ether oxygens (including phenoxy) is 1. The molecule has 2 saturated heterocycles. The minimum Gasteiger partial charge on any atom is -0.358 e. The molecular formula is C28H33F2N7O2. The predicted molar refractivity (Wildman–Crippen MR) is 145 cm³/mol. The summed E-state index contributed by atoms with van der Waals surface area (Å²) >= 11 is 0. The molecule has 2 unspecified atom stereocenters. The van der Waals surface area contributed by atoms with Gasteiger partial charge in [-0.15, -0.1) is 0 Å². The van der Waals surface area contributed by atoms with Gasteiger partial charge in [0, 0.05) is 57.3 Å². The topological polar surface area (TPSA) is 81.3 Å². The third kappa shape index (κ3) is 4.67. The Balaban J connectivity index is 1.35. The molecule has 2 aliphatic heterocycles. The largest absolute Gasteiger partial charge is 0.358 e. The van der Waals surface area contributed by atoms with Gasteiger partial charge in [-0.1, -0.05) is 6.07 Å². The molecule has 0 radical (unpaired) electrons. The van der Waals surface area contributed by atoms with Crippen LogP contribution in [0.5, 0.6) is 0 Å². The molecule has 0 amide bonds. The van der Waals surface area contributed by atoms with E-state index in [0.717, 1.165) is 35.9 Å². The molecule has 0 aliphatic carbocycles. The van der Waals surface area contributed by atoms with Gasteiger partial charge in [0.1, 0.15) is 17.8 Å². The van der Waals surface area contributed by atoms with Gasteiger partial charge in [0.15, 0.2) is 0 Å². The van der Waals surface area contributed by atoms with Crippen molar-refractivity contribution < 1.29 is 13.5 Å². The van der Waals surface area contributed by atoms with Gasteiger partial charge in [-0.05, 0) is 50.8 Å². The van der Waals surface area contributed by atoms with Gasteiger partial charge >= 0.3 is 0 Å². The number of alkyl halides is 2. The Bertz CT molecular complexity index is 1550. The zero-order valence-corrected chi connectivity index (χ0v) is 22.4. The second kappa shape index (κ2) is 10.3. The SMILES string of the molecule is CC(c1ccc2nccnc2c1)N1C[C@H](C(F)F)N(c2cc(=O)n(C)c3cn(C4CCCCO4)nc23)C[C@H]1C. The highest BCUT2D eigenvalue weighted by Gasteiger charge is 2.40. The van der Waals surface area contributed by atoms with Crippen molar-refractivity contribution >= 4 is 27.8 Å². The van der Waals surface area contributed by atoms with Crippen molar-refractivity contribution in [1.82, 2.24) is 29.2 Å². The molecule has 1 aromatic carbocycles. The summed E-state index contributed by atoms with van der Waals surface area (Å²) in [5.41, 5.74) is 3.92. The first-order valence-corrected chi connectivity index (χ1v) is 13.5. The van der Waals surface area contributed by atoms with Crippen LogP contribution in [0, 0.1) is 0 Å². The van der Waals surface area contributed by atoms with Crippen LogP contribution < -0.4 is 10.5 Å². The number of pyridine rings is 1. The van der Waals surface area contributed by atoms with Crippen LogP contribution in [-0.2, 0) is 11.8 Å². The third-order valence-corrected chi connectivity index (χ3v) is 8.26. The van der Waals surface area contributed by atoms with E-state index in [1.807, 2.05) is 32.0 Å². The maximum absolute atomic E-state index is 14.7. The average Bonchev–Trinajstić information content (AvgIpc) is 3.40. The van der Waals surface area contributed by atoms with E-state index in [0.29, 0.717) is 29.9 Å². The summed E-state index contributed by atoms with van der Waals surface area (Å²) in [6.45, 7) is 5.21. The summed E-state index contributed by atoms with van der Waals surface area (Å²) in [5, 5.41) is 4.78. The first kappa shape index (κ1) is 25.8. The zero-order chi connectivity index (χ0) is 27.3. The van der Waals surface area contributed by atoms with Gasteiger partial charge < -0.3 is 14.2 Å². The van der Waals surface area contributed by atoms with E-state index in [4.69, 9.17) is 9.84 Å². The van der Waals surface area contributed by atoms with Crippen LogP contribution in [0.2, 0.25) is 0 Å². The Morgan fingerprint density at radius 3 is 2.62 bits per heavy atom. The minimum atomic E-state index is -2.61. The van der Waals surface area contributed by atoms with E-state index in [-0.39, 0.29) is 30.4 Å². The quantitative estimate of drug-likeness (QED) is 0.376. The monoisotopic (exact) mass is 537 g/mol. The predicted octanol–water partition coefficient (Wildman–Crippen LogP) is 4.28. The van der Waals surface area contributed by atoms with E-state index in [1.165, 1.54) is 10.6 Å². The molecule has 6 rings (SSSR count). The summed E-state index contributed by atoms with van der Waals surface area (Å²) < 4.78 is 38.5. The van der Waals surface area contributed by atoms with Crippen LogP contribution in [0.4, 0.5) is 14.5 Å². The highest BCUT2D eigenvalue weighted by Crippen LogP contribution is 2.35. The van der Waals surface area contributed by atoms with Crippen molar-refractivity contribution in [2.24, 2.45) is 7.05 Å². The van der Waals surface area contributed by atoms with Gasteiger partial charge in [-0.25, -0.2) is 13.5 Å². The van der Waals surface area contributed by atoms with Gasteiger partial charge in [-0.2, -0.15) is 5.10 Å². The minimum absolute atomic E-state index is 0.0598. The second-order valence-electron chi connectivity index (χ2n) is 10.7. The molecule has 39 heavy (non-hydrogen) atoms. The number of fused-ring (bicyclic) bond motifs is 2. The van der Waals surface area contributed by atoms with Gasteiger partial charge in [0.2, 0.25) is 0 Å². The molecule has 4 aromatic rings. The van der Waals surface area contributed by atoms with E-state index in [9.17, 15) is 13.6 Å². The molecule has 0 bridgehead atoms. The van der Waals surface area contributed by atoms with Crippen LogP contribution in [0.1, 0.15) is 50.9 Å². The molecule has 4 atom stereocenters. The van der Waals surface area contributed by atoms with Crippen molar-refractivity contribution in [1.29, 1.82) is 0 Å². The fourth-order valence-electron chi connectivity index (χ4n) is 5.99. The van der Waals surface area contributed by atoms with Crippen molar-refractivity contribution in [3.63, 3.8) is 0 Å². The number of hydrogen-bond donors (Lipinski definition) is 0. The van der Waals surface area contributed by atoms with Crippen molar-refractivity contribution in [3.8, 4) is 0 Å². The summed E-state index contributed by atoms with van der Waals surface area (Å²) in [6, 6.07) is 6.07. The Hall–Kier alpha value is -3.44. The van der Waals surface area contributed by atoms with Gasteiger partial charge in [0.05, 0.1) is 28.4 Å². The van der Waals surface area contributed by atoms with Crippen molar-refractivity contribution in [3.05, 3.63) is 58.8 Å². The lowest BCUT2D eigenvalue weighted by atomic mass is 9.99. The maximum Gasteiger partial charge on any atom is 0.259 e. The van der Waals surface area contributed by atoms with Crippen LogP contribution >= 0.6 is 0 Å². The number of piperazine rings is 1. The number of nitrogens with zero attached hydrogens (tertiary/aromatic N) is 7. The molecule has 2 aliphatic rings. The van der Waals surface area contributed by atoms with Crippen LogP contribution in [-0.4, -0.2) is 67.4 Å². The first-order valence-electron chi connectivity index (χ1n) is 13.5. The molecule has 5 heterocycles. The lowest BCUT2D eigenvalue weighted by molar-refractivity contribution is -0.0391. The molecule has 0 N–H and O–H groups in total. The maximum atomic E-state index is 14.7. The number of aromatic nitrogens is 5. The van der Waals surface area contributed by atoms with E-state index in [2.05, 4.69) is 14.9 Å². The lowest BCUT2D eigenvalue weighted by Crippen LogP contribution is -2.60. The van der Waals surface area contributed by atoms with Crippen molar-refractivity contribution in [2.75, 3.05) is 24.6 Å². The van der Waals surface area contributed by atoms with E-state index in [1.54, 1.807) is 35.2 Å². The van der Waals surface area contributed by atoms with Crippen LogP contribution in [0.3, 0.4) is 0 Å². The molecule has 2 fully saturated rings. The Kier molecular flexibility index (Phi) is 6.80. The Labute approximate surface area is 225 Å². The average molecular weight is 538 g/mol. The fourth-order valence-corrected chi connectivity index (χ4v) is 5.99. The summed E-state index contributed by atoms with van der Waals surface area (Å²) in [5.74, 6) is 0. The van der Waals surface area contributed by atoms with E-state index >= 15 is 0 Å². The molecule has 11 heteroatoms. The standard InChI is InChI=1S/C28H33F2N7O2/c1-17-14-36(22-13-25(38)34(3)23-16-37(33-27(22)23)26-6-4-5-11-39-26)24(28(29)30)15-35(17)18(2)19-7-8-20-21(12-19)32-10-9-31-20/h7-10,12-13,16-18,24,26,28H,4-6,11,14-15H2,1-3H3/t17-,18?,24-,26?/m1/s1. The summed E-state index contributed by atoms with van der Waals surface area (Å²) in [4.78, 5) is 25.5. The third-order valence-electron chi connectivity index (χ3n) is 8.26. The molecule has 0 saturated carbocycles. The molecule has 3 aromatic heterocycles. The Morgan fingerprint density at radius 1 is 1.08 bits per heavy atom. The number of rotatable bonds is 5. The molecule has 9 nitrogen and oxygen atoms in total. The second-order valence-corrected chi connectivity index (χ2v) is 10.7. The zero-order valence-electron chi connectivity index (χ0n) is 22.4. The van der Waals surface area contributed by atoms with Crippen LogP contribution in [0.25, 0.3) is 22.1 Å². The number of aryl methyl sites for hydroxylation is 1. The highest BCUT2D eigenvalue weighted by molar-refractivity contribution is 5.88. The fraction of sp³-hybridized carbons (Fsp3) is 0.500. The normalized spacial score (nSPS) is 23.6. The summed E-state index contributed by atoms with van der Waals surface area (Å²) in [7, 11) is 1.68. The summed E-state index contributed by atoms with van der Waals surface area (Å²) in [6.07, 6.45) is 5.13. The highest BCUT2D eigenvalue weighted by atomic mass is 19.3. The van der Waals surface area contributed by atoms with E-state index < -0.39 is 12.5 Å². The molecule has 0 spiro atoms. The number of anilines is 1. The number of benzene rings is 1.